The summed E-state index contributed by atoms with van der Waals surface area (Å²) < 4.78 is 41.2. The average molecular weight is 240 g/mol. The van der Waals surface area contributed by atoms with E-state index >= 15 is 0 Å². The number of ether oxygens (including phenoxy) is 1. The number of hydrogen-bond donors (Lipinski definition) is 1. The highest BCUT2D eigenvalue weighted by atomic mass is 19.4. The Kier molecular flexibility index (Phi) is 5.01. The van der Waals surface area contributed by atoms with Gasteiger partial charge >= 0.3 is 6.18 Å². The summed E-state index contributed by atoms with van der Waals surface area (Å²) in [6.45, 7) is 2.16. The minimum Gasteiger partial charge on any atom is -0.374 e. The molecule has 0 amide bonds. The molecule has 2 atom stereocenters. The maximum Gasteiger partial charge on any atom is 0.389 e. The topological polar surface area (TPSA) is 38.5 Å². The maximum absolute atomic E-state index is 11.9. The van der Waals surface area contributed by atoms with E-state index in [4.69, 9.17) is 10.5 Å². The normalized spacial score (nSPS) is 25.7. The quantitative estimate of drug-likeness (QED) is 0.806. The molecular formula is C10H19F3N2O. The fourth-order valence-electron chi connectivity index (χ4n) is 1.79. The number of hydrogen-bond acceptors (Lipinski definition) is 3. The second kappa shape index (κ2) is 5.84. The second-order valence-corrected chi connectivity index (χ2v) is 4.34. The fraction of sp³-hybridized carbons (Fsp3) is 1.00. The van der Waals surface area contributed by atoms with E-state index in [1.807, 2.05) is 7.05 Å². The van der Waals surface area contributed by atoms with E-state index in [0.717, 1.165) is 6.54 Å². The van der Waals surface area contributed by atoms with Crippen molar-refractivity contribution in [2.45, 2.75) is 37.6 Å². The molecule has 1 aliphatic rings. The van der Waals surface area contributed by atoms with Gasteiger partial charge in [-0.1, -0.05) is 0 Å². The minimum absolute atomic E-state index is 0.0776. The lowest BCUT2D eigenvalue weighted by molar-refractivity contribution is -0.136. The molecule has 0 bridgehead atoms. The van der Waals surface area contributed by atoms with Crippen molar-refractivity contribution in [1.82, 2.24) is 4.90 Å². The van der Waals surface area contributed by atoms with Crippen molar-refractivity contribution >= 4 is 0 Å². The Morgan fingerprint density at radius 2 is 2.19 bits per heavy atom. The zero-order chi connectivity index (χ0) is 12.2. The molecule has 0 aromatic rings. The Morgan fingerprint density at radius 1 is 1.50 bits per heavy atom. The van der Waals surface area contributed by atoms with Crippen LogP contribution in [0.15, 0.2) is 0 Å². The summed E-state index contributed by atoms with van der Waals surface area (Å²) in [6.07, 6.45) is -4.54. The highest BCUT2D eigenvalue weighted by molar-refractivity contribution is 4.79. The van der Waals surface area contributed by atoms with Crippen LogP contribution in [0.3, 0.4) is 0 Å². The third-order valence-electron chi connectivity index (χ3n) is 2.77. The standard InChI is InChI=1S/C10H19F3N2O/c1-15-5-6-16-9(7-15)8(14)3-2-4-10(11,12)13/h8-9H,2-7,14H2,1H3. The summed E-state index contributed by atoms with van der Waals surface area (Å²) in [4.78, 5) is 2.08. The van der Waals surface area contributed by atoms with Gasteiger partial charge < -0.3 is 15.4 Å². The van der Waals surface area contributed by atoms with Gasteiger partial charge in [-0.2, -0.15) is 13.2 Å². The van der Waals surface area contributed by atoms with Crippen LogP contribution in [0.1, 0.15) is 19.3 Å². The van der Waals surface area contributed by atoms with Crippen molar-refractivity contribution in [3.63, 3.8) is 0 Å². The Balaban J connectivity index is 2.21. The highest BCUT2D eigenvalue weighted by Crippen LogP contribution is 2.23. The van der Waals surface area contributed by atoms with Crippen LogP contribution < -0.4 is 5.73 Å². The molecular weight excluding hydrogens is 221 g/mol. The lowest BCUT2D eigenvalue weighted by Crippen LogP contribution is -2.49. The number of rotatable bonds is 4. The van der Waals surface area contributed by atoms with Gasteiger partial charge in [-0.15, -0.1) is 0 Å². The van der Waals surface area contributed by atoms with Gasteiger partial charge in [0, 0.05) is 25.6 Å². The summed E-state index contributed by atoms with van der Waals surface area (Å²) in [5.41, 5.74) is 5.82. The van der Waals surface area contributed by atoms with Crippen LogP contribution in [0.5, 0.6) is 0 Å². The first-order chi connectivity index (χ1) is 7.38. The molecule has 16 heavy (non-hydrogen) atoms. The fourth-order valence-corrected chi connectivity index (χ4v) is 1.79. The monoisotopic (exact) mass is 240 g/mol. The van der Waals surface area contributed by atoms with Crippen LogP contribution >= 0.6 is 0 Å². The van der Waals surface area contributed by atoms with E-state index in [1.54, 1.807) is 0 Å². The number of alkyl halides is 3. The van der Waals surface area contributed by atoms with Crippen LogP contribution in [0, 0.1) is 0 Å². The number of morpholine rings is 1. The van der Waals surface area contributed by atoms with E-state index in [1.165, 1.54) is 0 Å². The molecule has 2 N–H and O–H groups in total. The van der Waals surface area contributed by atoms with Crippen molar-refractivity contribution in [3.8, 4) is 0 Å². The van der Waals surface area contributed by atoms with Crippen LogP contribution in [0.2, 0.25) is 0 Å². The lowest BCUT2D eigenvalue weighted by Gasteiger charge is -2.33. The van der Waals surface area contributed by atoms with Gasteiger partial charge in [-0.3, -0.25) is 0 Å². The predicted octanol–water partition coefficient (Wildman–Crippen LogP) is 1.38. The molecule has 3 nitrogen and oxygen atoms in total. The number of likely N-dealkylation sites (N-methyl/N-ethyl adjacent to an activating group) is 1. The Labute approximate surface area is 93.7 Å². The predicted molar refractivity (Wildman–Crippen MR) is 55.1 cm³/mol. The molecule has 6 heteroatoms. The lowest BCUT2D eigenvalue weighted by atomic mass is 10.0. The van der Waals surface area contributed by atoms with Crippen LogP contribution in [0.4, 0.5) is 13.2 Å². The molecule has 96 valence electrons. The zero-order valence-electron chi connectivity index (χ0n) is 9.46. The van der Waals surface area contributed by atoms with E-state index in [-0.39, 0.29) is 18.6 Å². The molecule has 0 spiro atoms. The zero-order valence-corrected chi connectivity index (χ0v) is 9.46. The summed E-state index contributed by atoms with van der Waals surface area (Å²) >= 11 is 0. The van der Waals surface area contributed by atoms with Gasteiger partial charge in [0.2, 0.25) is 0 Å². The molecule has 1 saturated heterocycles. The van der Waals surface area contributed by atoms with E-state index in [9.17, 15) is 13.2 Å². The molecule has 1 heterocycles. The summed E-state index contributed by atoms with van der Waals surface area (Å²) in [7, 11) is 1.96. The third kappa shape index (κ3) is 5.14. The molecule has 0 saturated carbocycles. The molecule has 0 aromatic heterocycles. The molecule has 1 rings (SSSR count). The van der Waals surface area contributed by atoms with Crippen LogP contribution in [-0.4, -0.2) is 50.0 Å². The summed E-state index contributed by atoms with van der Waals surface area (Å²) in [6, 6.07) is -0.301. The molecule has 1 aliphatic heterocycles. The Morgan fingerprint density at radius 3 is 2.75 bits per heavy atom. The van der Waals surface area contributed by atoms with Crippen molar-refractivity contribution in [2.75, 3.05) is 26.7 Å². The van der Waals surface area contributed by atoms with Gasteiger partial charge in [0.1, 0.15) is 0 Å². The molecule has 2 unspecified atom stereocenters. The highest BCUT2D eigenvalue weighted by Gasteiger charge is 2.28. The van der Waals surface area contributed by atoms with Gasteiger partial charge in [0.15, 0.2) is 0 Å². The van der Waals surface area contributed by atoms with Crippen molar-refractivity contribution in [1.29, 1.82) is 0 Å². The first-order valence-electron chi connectivity index (χ1n) is 5.51. The van der Waals surface area contributed by atoms with Gasteiger partial charge in [0.05, 0.1) is 12.7 Å². The van der Waals surface area contributed by atoms with Crippen molar-refractivity contribution in [2.24, 2.45) is 5.73 Å². The smallest absolute Gasteiger partial charge is 0.374 e. The van der Waals surface area contributed by atoms with Gasteiger partial charge in [-0.05, 0) is 19.9 Å². The third-order valence-corrected chi connectivity index (χ3v) is 2.77. The first kappa shape index (κ1) is 13.7. The van der Waals surface area contributed by atoms with Crippen molar-refractivity contribution < 1.29 is 17.9 Å². The second-order valence-electron chi connectivity index (χ2n) is 4.34. The molecule has 0 radical (unpaired) electrons. The maximum atomic E-state index is 11.9. The summed E-state index contributed by atoms with van der Waals surface area (Å²) in [5.74, 6) is 0. The van der Waals surface area contributed by atoms with Crippen molar-refractivity contribution in [3.05, 3.63) is 0 Å². The largest absolute Gasteiger partial charge is 0.389 e. The van der Waals surface area contributed by atoms with E-state index < -0.39 is 12.6 Å². The van der Waals surface area contributed by atoms with E-state index in [2.05, 4.69) is 4.90 Å². The minimum atomic E-state index is -4.08. The van der Waals surface area contributed by atoms with Gasteiger partial charge in [-0.25, -0.2) is 0 Å². The number of halogens is 3. The number of nitrogens with zero attached hydrogens (tertiary/aromatic N) is 1. The van der Waals surface area contributed by atoms with E-state index in [0.29, 0.717) is 19.6 Å². The number of nitrogens with two attached hydrogens (primary N) is 1. The van der Waals surface area contributed by atoms with Gasteiger partial charge in [0.25, 0.3) is 0 Å². The molecule has 0 aromatic carbocycles. The van der Waals surface area contributed by atoms with Crippen LogP contribution in [-0.2, 0) is 4.74 Å². The first-order valence-corrected chi connectivity index (χ1v) is 5.51. The van der Waals surface area contributed by atoms with Crippen LogP contribution in [0.25, 0.3) is 0 Å². The summed E-state index contributed by atoms with van der Waals surface area (Å²) in [5, 5.41) is 0. The Hall–Kier alpha value is -0.330. The average Bonchev–Trinajstić information content (AvgIpc) is 2.15. The Bertz CT molecular complexity index is 211. The molecule has 0 aliphatic carbocycles. The molecule has 1 fully saturated rings. The SMILES string of the molecule is CN1CCOC(C(N)CCCC(F)(F)F)C1.